The summed E-state index contributed by atoms with van der Waals surface area (Å²) in [6, 6.07) is 9.29. The van der Waals surface area contributed by atoms with Gasteiger partial charge in [0, 0.05) is 15.4 Å². The second-order valence-electron chi connectivity index (χ2n) is 4.92. The van der Waals surface area contributed by atoms with Crippen molar-refractivity contribution >= 4 is 27.7 Å². The molecule has 1 N–H and O–H groups in total. The SMILES string of the molecule is CCNC1CCCC1CCSc1ccccc1Br. The third-order valence-corrected chi connectivity index (χ3v) is 5.77. The predicted molar refractivity (Wildman–Crippen MR) is 84.3 cm³/mol. The summed E-state index contributed by atoms with van der Waals surface area (Å²) in [5.41, 5.74) is 0. The zero-order chi connectivity index (χ0) is 12.8. The molecule has 0 aliphatic heterocycles. The molecule has 0 radical (unpaired) electrons. The minimum Gasteiger partial charge on any atom is -0.314 e. The van der Waals surface area contributed by atoms with Gasteiger partial charge in [0.25, 0.3) is 0 Å². The molecule has 100 valence electrons. The molecule has 1 fully saturated rings. The van der Waals surface area contributed by atoms with Crippen molar-refractivity contribution in [2.24, 2.45) is 5.92 Å². The van der Waals surface area contributed by atoms with Gasteiger partial charge in [0.15, 0.2) is 0 Å². The molecule has 3 heteroatoms. The molecule has 1 nitrogen and oxygen atoms in total. The zero-order valence-electron chi connectivity index (χ0n) is 11.0. The first-order valence-corrected chi connectivity index (χ1v) is 8.70. The standard InChI is InChI=1S/C15H22BrNS/c1-2-17-14-8-5-6-12(14)10-11-18-15-9-4-3-7-13(15)16/h3-4,7,9,12,14,17H,2,5-6,8,10-11H2,1H3. The number of halogens is 1. The van der Waals surface area contributed by atoms with Crippen LogP contribution in [0.5, 0.6) is 0 Å². The van der Waals surface area contributed by atoms with Crippen molar-refractivity contribution in [3.05, 3.63) is 28.7 Å². The lowest BCUT2D eigenvalue weighted by atomic mass is 10.0. The van der Waals surface area contributed by atoms with Crippen molar-refractivity contribution in [3.63, 3.8) is 0 Å². The molecule has 1 saturated carbocycles. The normalized spacial score (nSPS) is 23.4. The average Bonchev–Trinajstić information content (AvgIpc) is 2.80. The van der Waals surface area contributed by atoms with Gasteiger partial charge in [-0.3, -0.25) is 0 Å². The third-order valence-electron chi connectivity index (χ3n) is 3.71. The van der Waals surface area contributed by atoms with E-state index >= 15 is 0 Å². The molecule has 2 unspecified atom stereocenters. The van der Waals surface area contributed by atoms with Gasteiger partial charge < -0.3 is 5.32 Å². The minimum atomic E-state index is 0.773. The molecule has 2 atom stereocenters. The van der Waals surface area contributed by atoms with Crippen molar-refractivity contribution in [1.82, 2.24) is 5.32 Å². The monoisotopic (exact) mass is 327 g/mol. The van der Waals surface area contributed by atoms with E-state index < -0.39 is 0 Å². The molecule has 0 heterocycles. The number of benzene rings is 1. The Morgan fingerprint density at radius 2 is 2.17 bits per heavy atom. The maximum Gasteiger partial charge on any atom is 0.0311 e. The summed E-state index contributed by atoms with van der Waals surface area (Å²) in [5, 5.41) is 3.64. The van der Waals surface area contributed by atoms with Crippen LogP contribution in [0, 0.1) is 5.92 Å². The van der Waals surface area contributed by atoms with E-state index in [9.17, 15) is 0 Å². The van der Waals surface area contributed by atoms with E-state index in [0.29, 0.717) is 0 Å². The van der Waals surface area contributed by atoms with Crippen molar-refractivity contribution in [1.29, 1.82) is 0 Å². The van der Waals surface area contributed by atoms with Gasteiger partial charge in [-0.25, -0.2) is 0 Å². The van der Waals surface area contributed by atoms with E-state index in [1.807, 2.05) is 11.8 Å². The summed E-state index contributed by atoms with van der Waals surface area (Å²) >= 11 is 5.59. The fourth-order valence-electron chi connectivity index (χ4n) is 2.80. The Labute approximate surface area is 123 Å². The first-order chi connectivity index (χ1) is 8.81. The van der Waals surface area contributed by atoms with Crippen molar-refractivity contribution in [2.75, 3.05) is 12.3 Å². The highest BCUT2D eigenvalue weighted by atomic mass is 79.9. The van der Waals surface area contributed by atoms with Crippen molar-refractivity contribution in [3.8, 4) is 0 Å². The van der Waals surface area contributed by atoms with Gasteiger partial charge in [-0.1, -0.05) is 25.5 Å². The van der Waals surface area contributed by atoms with Gasteiger partial charge in [0.05, 0.1) is 0 Å². The molecule has 0 amide bonds. The summed E-state index contributed by atoms with van der Waals surface area (Å²) in [5.74, 6) is 2.12. The van der Waals surface area contributed by atoms with Gasteiger partial charge in [-0.15, -0.1) is 11.8 Å². The van der Waals surface area contributed by atoms with Crippen molar-refractivity contribution in [2.45, 2.75) is 43.5 Å². The number of rotatable bonds is 6. The van der Waals surface area contributed by atoms with E-state index in [0.717, 1.165) is 18.5 Å². The Balaban J connectivity index is 1.76. The van der Waals surface area contributed by atoms with Crippen LogP contribution in [-0.4, -0.2) is 18.3 Å². The molecule has 1 aliphatic rings. The molecule has 18 heavy (non-hydrogen) atoms. The van der Waals surface area contributed by atoms with Crippen LogP contribution < -0.4 is 5.32 Å². The number of hydrogen-bond acceptors (Lipinski definition) is 2. The first-order valence-electron chi connectivity index (χ1n) is 6.92. The summed E-state index contributed by atoms with van der Waals surface area (Å²) < 4.78 is 1.23. The second-order valence-corrected chi connectivity index (χ2v) is 6.91. The molecule has 1 aromatic carbocycles. The Kier molecular flexibility index (Phi) is 6.06. The minimum absolute atomic E-state index is 0.773. The van der Waals surface area contributed by atoms with Crippen LogP contribution in [0.3, 0.4) is 0 Å². The lowest BCUT2D eigenvalue weighted by Gasteiger charge is -2.20. The maximum absolute atomic E-state index is 3.64. The smallest absolute Gasteiger partial charge is 0.0311 e. The van der Waals surface area contributed by atoms with E-state index in [2.05, 4.69) is 52.4 Å². The molecule has 1 aliphatic carbocycles. The van der Waals surface area contributed by atoms with Gasteiger partial charge in [0.1, 0.15) is 0 Å². The van der Waals surface area contributed by atoms with E-state index in [1.54, 1.807) is 0 Å². The predicted octanol–water partition coefficient (Wildman–Crippen LogP) is 4.71. The first kappa shape index (κ1) is 14.4. The lowest BCUT2D eigenvalue weighted by molar-refractivity contribution is 0.400. The highest BCUT2D eigenvalue weighted by molar-refractivity contribution is 9.10. The fourth-order valence-corrected chi connectivity index (χ4v) is 4.44. The summed E-state index contributed by atoms with van der Waals surface area (Å²) in [6.45, 7) is 3.32. The highest BCUT2D eigenvalue weighted by Gasteiger charge is 2.25. The van der Waals surface area contributed by atoms with Crippen LogP contribution in [-0.2, 0) is 0 Å². The fraction of sp³-hybridized carbons (Fsp3) is 0.600. The summed E-state index contributed by atoms with van der Waals surface area (Å²) in [4.78, 5) is 1.37. The van der Waals surface area contributed by atoms with Crippen LogP contribution >= 0.6 is 27.7 Å². The Morgan fingerprint density at radius 3 is 2.94 bits per heavy atom. The van der Waals surface area contributed by atoms with Gasteiger partial charge in [-0.05, 0) is 65.5 Å². The maximum atomic E-state index is 3.64. The molecular weight excluding hydrogens is 306 g/mol. The summed E-state index contributed by atoms with van der Waals surface area (Å²) in [6.07, 6.45) is 5.53. The largest absolute Gasteiger partial charge is 0.314 e. The molecule has 0 spiro atoms. The number of hydrogen-bond donors (Lipinski definition) is 1. The average molecular weight is 328 g/mol. The molecule has 0 bridgehead atoms. The van der Waals surface area contributed by atoms with E-state index in [1.165, 1.54) is 40.8 Å². The topological polar surface area (TPSA) is 12.0 Å². The van der Waals surface area contributed by atoms with Crippen LogP contribution in [0.1, 0.15) is 32.6 Å². The molecule has 1 aromatic rings. The Hall–Kier alpha value is 0.01000. The van der Waals surface area contributed by atoms with Crippen LogP contribution in [0.25, 0.3) is 0 Å². The Morgan fingerprint density at radius 1 is 1.33 bits per heavy atom. The lowest BCUT2D eigenvalue weighted by Crippen LogP contribution is -2.32. The van der Waals surface area contributed by atoms with Crippen molar-refractivity contribution < 1.29 is 0 Å². The van der Waals surface area contributed by atoms with Crippen LogP contribution in [0.15, 0.2) is 33.6 Å². The number of thioether (sulfide) groups is 1. The second kappa shape index (κ2) is 7.56. The van der Waals surface area contributed by atoms with Gasteiger partial charge in [0.2, 0.25) is 0 Å². The molecular formula is C15H22BrNS. The van der Waals surface area contributed by atoms with Crippen LogP contribution in [0.4, 0.5) is 0 Å². The number of nitrogens with one attached hydrogen (secondary N) is 1. The molecule has 0 aromatic heterocycles. The quantitative estimate of drug-likeness (QED) is 0.759. The third kappa shape index (κ3) is 4.01. The van der Waals surface area contributed by atoms with Gasteiger partial charge >= 0.3 is 0 Å². The Bertz CT molecular complexity index is 369. The zero-order valence-corrected chi connectivity index (χ0v) is 13.4. The molecule has 2 rings (SSSR count). The van der Waals surface area contributed by atoms with E-state index in [4.69, 9.17) is 0 Å². The van der Waals surface area contributed by atoms with Gasteiger partial charge in [-0.2, -0.15) is 0 Å². The highest BCUT2D eigenvalue weighted by Crippen LogP contribution is 2.32. The summed E-state index contributed by atoms with van der Waals surface area (Å²) in [7, 11) is 0. The van der Waals surface area contributed by atoms with Crippen LogP contribution in [0.2, 0.25) is 0 Å². The molecule has 0 saturated heterocycles. The van der Waals surface area contributed by atoms with E-state index in [-0.39, 0.29) is 0 Å².